The summed E-state index contributed by atoms with van der Waals surface area (Å²) in [5, 5.41) is 2.87. The lowest BCUT2D eigenvalue weighted by molar-refractivity contribution is -0.122. The van der Waals surface area contributed by atoms with Crippen LogP contribution < -0.4 is 5.32 Å². The Bertz CT molecular complexity index is 562. The number of Topliss-reactive ketones (excluding diaryl/α,β-unsaturated/α-hetero) is 1. The van der Waals surface area contributed by atoms with Crippen molar-refractivity contribution < 1.29 is 14.3 Å². The molecular weight excluding hydrogens is 348 g/mol. The molecule has 24 heavy (non-hydrogen) atoms. The van der Waals surface area contributed by atoms with Crippen LogP contribution in [0.25, 0.3) is 0 Å². The van der Waals surface area contributed by atoms with Gasteiger partial charge in [-0.2, -0.15) is 0 Å². The molecule has 134 valence electrons. The number of thiophene rings is 1. The Morgan fingerprint density at radius 2 is 2.21 bits per heavy atom. The number of morpholine rings is 1. The first-order valence-corrected chi connectivity index (χ1v) is 9.52. The minimum atomic E-state index is -0.115. The number of halogens is 1. The van der Waals surface area contributed by atoms with Crippen LogP contribution in [0.3, 0.4) is 0 Å². The van der Waals surface area contributed by atoms with E-state index in [1.54, 1.807) is 12.1 Å². The van der Waals surface area contributed by atoms with E-state index in [4.69, 9.17) is 16.3 Å². The number of ether oxygens (including phenoxy) is 1. The molecule has 0 saturated carbocycles. The van der Waals surface area contributed by atoms with E-state index in [2.05, 4.69) is 24.1 Å². The zero-order chi connectivity index (χ0) is 17.5. The molecule has 0 aliphatic carbocycles. The van der Waals surface area contributed by atoms with Crippen LogP contribution in [0.4, 0.5) is 0 Å². The van der Waals surface area contributed by atoms with Crippen LogP contribution in [0.15, 0.2) is 12.1 Å². The summed E-state index contributed by atoms with van der Waals surface area (Å²) in [4.78, 5) is 26.9. The van der Waals surface area contributed by atoms with E-state index in [-0.39, 0.29) is 30.6 Å². The second-order valence-electron chi connectivity index (χ2n) is 6.48. The maximum atomic E-state index is 12.0. The first-order chi connectivity index (χ1) is 11.4. The van der Waals surface area contributed by atoms with Gasteiger partial charge < -0.3 is 10.1 Å². The van der Waals surface area contributed by atoms with Crippen LogP contribution in [-0.4, -0.2) is 55.5 Å². The summed E-state index contributed by atoms with van der Waals surface area (Å²) >= 11 is 7.06. The molecule has 0 aromatic carbocycles. The molecule has 1 N–H and O–H groups in total. The summed E-state index contributed by atoms with van der Waals surface area (Å²) < 4.78 is 6.29. The van der Waals surface area contributed by atoms with Crippen molar-refractivity contribution in [3.8, 4) is 0 Å². The van der Waals surface area contributed by atoms with E-state index in [1.165, 1.54) is 11.3 Å². The lowest BCUT2D eigenvalue weighted by Gasteiger charge is -2.33. The summed E-state index contributed by atoms with van der Waals surface area (Å²) in [6.07, 6.45) is 0.415. The van der Waals surface area contributed by atoms with E-state index >= 15 is 0 Å². The molecule has 5 nitrogen and oxygen atoms in total. The molecule has 1 saturated heterocycles. The Labute approximate surface area is 152 Å². The quantitative estimate of drug-likeness (QED) is 0.713. The first kappa shape index (κ1) is 19.4. The van der Waals surface area contributed by atoms with Gasteiger partial charge in [-0.25, -0.2) is 0 Å². The molecule has 1 aromatic heterocycles. The third-order valence-electron chi connectivity index (χ3n) is 3.80. The number of hydrogen-bond donors (Lipinski definition) is 1. The molecule has 1 aliphatic rings. The summed E-state index contributed by atoms with van der Waals surface area (Å²) in [5.41, 5.74) is 0. The fourth-order valence-electron chi connectivity index (χ4n) is 2.72. The monoisotopic (exact) mass is 372 g/mol. The molecule has 0 bridgehead atoms. The number of nitrogens with one attached hydrogen (secondary N) is 1. The smallest absolute Gasteiger partial charge is 0.220 e. The number of amides is 1. The van der Waals surface area contributed by atoms with Crippen LogP contribution >= 0.6 is 22.9 Å². The minimum Gasteiger partial charge on any atom is -0.374 e. The van der Waals surface area contributed by atoms with Crippen molar-refractivity contribution >= 4 is 34.6 Å². The molecule has 7 heteroatoms. The lowest BCUT2D eigenvalue weighted by atomic mass is 10.1. The molecule has 1 aromatic rings. The third kappa shape index (κ3) is 6.51. The molecule has 2 heterocycles. The minimum absolute atomic E-state index is 0.0215. The van der Waals surface area contributed by atoms with E-state index in [0.29, 0.717) is 28.3 Å². The van der Waals surface area contributed by atoms with Gasteiger partial charge in [0.2, 0.25) is 5.91 Å². The van der Waals surface area contributed by atoms with Crippen LogP contribution in [0.2, 0.25) is 4.34 Å². The molecule has 0 spiro atoms. The van der Waals surface area contributed by atoms with Crippen molar-refractivity contribution in [1.29, 1.82) is 0 Å². The number of carbonyl (C=O) groups is 2. The fraction of sp³-hybridized carbons (Fsp3) is 0.647. The predicted molar refractivity (Wildman–Crippen MR) is 96.9 cm³/mol. The van der Waals surface area contributed by atoms with Crippen molar-refractivity contribution in [2.24, 2.45) is 5.92 Å². The van der Waals surface area contributed by atoms with Gasteiger partial charge >= 0.3 is 0 Å². The maximum Gasteiger partial charge on any atom is 0.220 e. The summed E-state index contributed by atoms with van der Waals surface area (Å²) in [7, 11) is 0. The maximum absolute atomic E-state index is 12.0. The predicted octanol–water partition coefficient (Wildman–Crippen LogP) is 2.84. The molecule has 2 rings (SSSR count). The zero-order valence-electron chi connectivity index (χ0n) is 14.2. The molecule has 0 radical (unpaired) electrons. The van der Waals surface area contributed by atoms with Crippen molar-refractivity contribution in [2.75, 3.05) is 32.8 Å². The molecule has 1 aliphatic heterocycles. The highest BCUT2D eigenvalue weighted by Crippen LogP contribution is 2.22. The Kier molecular flexibility index (Phi) is 7.68. The van der Waals surface area contributed by atoms with Crippen LogP contribution in [0, 0.1) is 5.92 Å². The largest absolute Gasteiger partial charge is 0.374 e. The molecular formula is C17H25ClN2O3S. The molecule has 1 unspecified atom stereocenters. The highest BCUT2D eigenvalue weighted by Gasteiger charge is 2.21. The zero-order valence-corrected chi connectivity index (χ0v) is 15.8. The van der Waals surface area contributed by atoms with Gasteiger partial charge in [0.15, 0.2) is 5.78 Å². The van der Waals surface area contributed by atoms with E-state index in [1.807, 2.05) is 0 Å². The van der Waals surface area contributed by atoms with Crippen LogP contribution in [0.5, 0.6) is 0 Å². The topological polar surface area (TPSA) is 58.6 Å². The number of ketones is 1. The number of hydrogen-bond acceptors (Lipinski definition) is 5. The summed E-state index contributed by atoms with van der Waals surface area (Å²) in [6.45, 7) is 8.42. The average Bonchev–Trinajstić information content (AvgIpc) is 2.97. The normalized spacial score (nSPS) is 18.8. The van der Waals surface area contributed by atoms with Gasteiger partial charge in [0.05, 0.1) is 21.9 Å². The Hall–Kier alpha value is -0.950. The van der Waals surface area contributed by atoms with E-state index in [9.17, 15) is 9.59 Å². The van der Waals surface area contributed by atoms with Gasteiger partial charge in [-0.1, -0.05) is 25.4 Å². The molecule has 1 fully saturated rings. The van der Waals surface area contributed by atoms with Gasteiger partial charge in [0.25, 0.3) is 0 Å². The second kappa shape index (κ2) is 9.51. The molecule has 1 amide bonds. The highest BCUT2D eigenvalue weighted by atomic mass is 35.5. The summed E-state index contributed by atoms with van der Waals surface area (Å²) in [5.74, 6) is 0.463. The van der Waals surface area contributed by atoms with Gasteiger partial charge in [-0.3, -0.25) is 14.5 Å². The number of rotatable bonds is 8. The Morgan fingerprint density at radius 1 is 1.42 bits per heavy atom. The number of nitrogens with zero attached hydrogens (tertiary/aromatic N) is 1. The van der Waals surface area contributed by atoms with E-state index in [0.717, 1.165) is 19.6 Å². The summed E-state index contributed by atoms with van der Waals surface area (Å²) in [6, 6.07) is 3.40. The molecule has 1 atom stereocenters. The lowest BCUT2D eigenvalue weighted by Crippen LogP contribution is -2.48. The van der Waals surface area contributed by atoms with E-state index < -0.39 is 0 Å². The highest BCUT2D eigenvalue weighted by molar-refractivity contribution is 7.18. The fourth-order valence-corrected chi connectivity index (χ4v) is 3.73. The van der Waals surface area contributed by atoms with Gasteiger partial charge in [-0.15, -0.1) is 11.3 Å². The van der Waals surface area contributed by atoms with Gasteiger partial charge in [0, 0.05) is 39.0 Å². The van der Waals surface area contributed by atoms with Crippen molar-refractivity contribution in [2.45, 2.75) is 32.8 Å². The average molecular weight is 373 g/mol. The standard InChI is InChI=1S/C17H25ClN2O3S/c1-12(2)10-20-7-8-23-13(11-20)9-19-17(22)6-3-14(21)15-4-5-16(18)24-15/h4-5,12-13H,3,6-11H2,1-2H3,(H,19,22). The Balaban J connectivity index is 1.66. The second-order valence-corrected chi connectivity index (χ2v) is 8.19. The van der Waals surface area contributed by atoms with Crippen LogP contribution in [-0.2, 0) is 9.53 Å². The first-order valence-electron chi connectivity index (χ1n) is 8.33. The SMILES string of the molecule is CC(C)CN1CCOC(CNC(=O)CCC(=O)c2ccc(Cl)s2)C1. The third-order valence-corrected chi connectivity index (χ3v) is 5.07. The van der Waals surface area contributed by atoms with Gasteiger partial charge in [-0.05, 0) is 18.1 Å². The van der Waals surface area contributed by atoms with Crippen molar-refractivity contribution in [3.63, 3.8) is 0 Å². The van der Waals surface area contributed by atoms with Gasteiger partial charge in [0.1, 0.15) is 0 Å². The van der Waals surface area contributed by atoms with Crippen LogP contribution in [0.1, 0.15) is 36.4 Å². The van der Waals surface area contributed by atoms with Crippen molar-refractivity contribution in [1.82, 2.24) is 10.2 Å². The van der Waals surface area contributed by atoms with Crippen molar-refractivity contribution in [3.05, 3.63) is 21.3 Å². The Morgan fingerprint density at radius 3 is 2.88 bits per heavy atom. The number of carbonyl (C=O) groups excluding carboxylic acids is 2.